The first-order valence-corrected chi connectivity index (χ1v) is 9.89. The molecule has 14 heteroatoms. The Morgan fingerprint density at radius 3 is 2.03 bits per heavy atom. The second kappa shape index (κ2) is 10.6. The molecule has 3 saturated heterocycles. The van der Waals surface area contributed by atoms with Crippen LogP contribution in [0, 0.1) is 0 Å². The maximum atomic E-state index is 10.6. The van der Waals surface area contributed by atoms with Crippen LogP contribution in [0.2, 0.25) is 0 Å². The van der Waals surface area contributed by atoms with Gasteiger partial charge in [-0.15, -0.1) is 0 Å². The Labute approximate surface area is 176 Å². The molecule has 182 valence electrons. The smallest absolute Gasteiger partial charge is 0.187 e. The third-order valence-corrected chi connectivity index (χ3v) is 5.59. The lowest BCUT2D eigenvalue weighted by atomic mass is 9.98. The van der Waals surface area contributed by atoms with Crippen molar-refractivity contribution in [2.45, 2.75) is 86.3 Å². The number of aliphatic hydroxyl groups is 9. The van der Waals surface area contributed by atoms with Gasteiger partial charge in [0.25, 0.3) is 0 Å². The minimum atomic E-state index is -1.78. The summed E-state index contributed by atoms with van der Waals surface area (Å²) < 4.78 is 26.5. The lowest BCUT2D eigenvalue weighted by Crippen LogP contribution is -2.63. The van der Waals surface area contributed by atoms with E-state index in [9.17, 15) is 46.0 Å². The van der Waals surface area contributed by atoms with Crippen LogP contribution in [0.1, 0.15) is 6.42 Å². The van der Waals surface area contributed by atoms with Crippen LogP contribution in [0.15, 0.2) is 0 Å². The summed E-state index contributed by atoms with van der Waals surface area (Å²) in [5.41, 5.74) is 0. The Hall–Kier alpha value is -0.560. The fourth-order valence-electron chi connectivity index (χ4n) is 3.69. The summed E-state index contributed by atoms with van der Waals surface area (Å²) in [5.74, 6) is 0. The van der Waals surface area contributed by atoms with E-state index in [1.54, 1.807) is 0 Å². The largest absolute Gasteiger partial charge is 0.394 e. The summed E-state index contributed by atoms with van der Waals surface area (Å²) >= 11 is 0. The molecule has 0 spiro atoms. The SMILES string of the molecule is OC[C@H]1C[C@@H](O)[C@H](O)[C@@H](O[C@@H]2CO[C@@H](O)[C@H](O[C@@H]3O[C@H](CO)[C@@H](O)[C@H](O)[C@H]3O)[C@H]2O)O1. The van der Waals surface area contributed by atoms with Gasteiger partial charge in [0.2, 0.25) is 0 Å². The topological polar surface area (TPSA) is 228 Å². The van der Waals surface area contributed by atoms with Gasteiger partial charge >= 0.3 is 0 Å². The van der Waals surface area contributed by atoms with Crippen LogP contribution in [-0.4, -0.2) is 146 Å². The molecule has 0 saturated carbocycles. The highest BCUT2D eigenvalue weighted by molar-refractivity contribution is 4.92. The van der Waals surface area contributed by atoms with Crippen LogP contribution in [0.4, 0.5) is 0 Å². The first kappa shape index (κ1) is 25.1. The van der Waals surface area contributed by atoms with E-state index in [2.05, 4.69) is 0 Å². The van der Waals surface area contributed by atoms with E-state index in [-0.39, 0.29) is 13.0 Å². The van der Waals surface area contributed by atoms with Crippen LogP contribution in [0.25, 0.3) is 0 Å². The van der Waals surface area contributed by atoms with Crippen molar-refractivity contribution in [2.24, 2.45) is 0 Å². The Kier molecular flexibility index (Phi) is 8.56. The fourth-order valence-corrected chi connectivity index (χ4v) is 3.69. The minimum Gasteiger partial charge on any atom is -0.394 e. The van der Waals surface area contributed by atoms with Crippen LogP contribution >= 0.6 is 0 Å². The zero-order valence-electron chi connectivity index (χ0n) is 16.4. The average molecular weight is 458 g/mol. The molecular weight excluding hydrogens is 428 g/mol. The van der Waals surface area contributed by atoms with E-state index in [1.165, 1.54) is 0 Å². The first-order chi connectivity index (χ1) is 14.7. The van der Waals surface area contributed by atoms with Gasteiger partial charge in [-0.2, -0.15) is 0 Å². The Morgan fingerprint density at radius 1 is 0.710 bits per heavy atom. The van der Waals surface area contributed by atoms with Gasteiger partial charge in [0.1, 0.15) is 48.8 Å². The lowest BCUT2D eigenvalue weighted by molar-refractivity contribution is -0.366. The molecule has 3 rings (SSSR count). The predicted molar refractivity (Wildman–Crippen MR) is 93.9 cm³/mol. The number of hydrogen-bond donors (Lipinski definition) is 9. The number of aliphatic hydroxyl groups excluding tert-OH is 9. The van der Waals surface area contributed by atoms with Crippen molar-refractivity contribution in [3.8, 4) is 0 Å². The van der Waals surface area contributed by atoms with E-state index in [1.807, 2.05) is 0 Å². The number of ether oxygens (including phenoxy) is 5. The zero-order valence-corrected chi connectivity index (χ0v) is 16.4. The van der Waals surface area contributed by atoms with Crippen LogP contribution in [0.3, 0.4) is 0 Å². The Bertz CT molecular complexity index is 565. The van der Waals surface area contributed by atoms with Gasteiger partial charge in [0.05, 0.1) is 32.0 Å². The molecule has 3 fully saturated rings. The van der Waals surface area contributed by atoms with Gasteiger partial charge in [-0.05, 0) is 0 Å². The molecule has 0 unspecified atom stereocenters. The van der Waals surface area contributed by atoms with Crippen molar-refractivity contribution in [1.29, 1.82) is 0 Å². The van der Waals surface area contributed by atoms with Gasteiger partial charge in [0, 0.05) is 6.42 Å². The maximum Gasteiger partial charge on any atom is 0.187 e. The van der Waals surface area contributed by atoms with Gasteiger partial charge < -0.3 is 69.6 Å². The molecule has 9 N–H and O–H groups in total. The molecule has 14 nitrogen and oxygen atoms in total. The van der Waals surface area contributed by atoms with Gasteiger partial charge in [-0.3, -0.25) is 0 Å². The summed E-state index contributed by atoms with van der Waals surface area (Å²) in [4.78, 5) is 0. The molecule has 0 bridgehead atoms. The molecule has 0 radical (unpaired) electrons. The normalized spacial score (nSPS) is 51.6. The third kappa shape index (κ3) is 5.34. The molecule has 13 atom stereocenters. The summed E-state index contributed by atoms with van der Waals surface area (Å²) in [6.07, 6.45) is -19.1. The van der Waals surface area contributed by atoms with Crippen LogP contribution in [0.5, 0.6) is 0 Å². The molecule has 3 aliphatic heterocycles. The molecule has 0 aliphatic carbocycles. The Morgan fingerprint density at radius 2 is 1.39 bits per heavy atom. The van der Waals surface area contributed by atoms with Crippen LogP contribution < -0.4 is 0 Å². The van der Waals surface area contributed by atoms with Gasteiger partial charge in [-0.25, -0.2) is 0 Å². The summed E-state index contributed by atoms with van der Waals surface area (Å²) in [6.45, 7) is -1.49. The fraction of sp³-hybridized carbons (Fsp3) is 1.00. The molecular formula is C17H30O14. The van der Waals surface area contributed by atoms with Crippen LogP contribution in [-0.2, 0) is 23.7 Å². The predicted octanol–water partition coefficient (Wildman–Crippen LogP) is -5.90. The molecule has 3 aliphatic rings. The van der Waals surface area contributed by atoms with Crippen molar-refractivity contribution in [2.75, 3.05) is 19.8 Å². The third-order valence-electron chi connectivity index (χ3n) is 5.59. The van der Waals surface area contributed by atoms with Gasteiger partial charge in [0.15, 0.2) is 18.9 Å². The standard InChI is InChI=1S/C17H30O14/c18-2-5-1-6(20)9(21)16(28-5)30-8-4-27-15(26)14(11(8)23)31-17-13(25)12(24)10(22)7(3-19)29-17/h5-26H,1-4H2/t5-,6-,7-,8-,9+,10-,11+,12+,13-,14-,15-,16-,17+/m1/s1. The van der Waals surface area contributed by atoms with Crippen molar-refractivity contribution in [3.63, 3.8) is 0 Å². The van der Waals surface area contributed by atoms with E-state index in [0.717, 1.165) is 0 Å². The summed E-state index contributed by atoms with van der Waals surface area (Å²) in [5, 5.41) is 88.9. The maximum absolute atomic E-state index is 10.6. The highest BCUT2D eigenvalue weighted by Gasteiger charge is 2.49. The highest BCUT2D eigenvalue weighted by atomic mass is 16.7. The molecule has 0 amide bonds. The highest BCUT2D eigenvalue weighted by Crippen LogP contribution is 2.29. The monoisotopic (exact) mass is 458 g/mol. The second-order valence-electron chi connectivity index (χ2n) is 7.79. The first-order valence-electron chi connectivity index (χ1n) is 9.89. The quantitative estimate of drug-likeness (QED) is 0.181. The molecule has 0 aromatic rings. The van der Waals surface area contributed by atoms with Crippen molar-refractivity contribution in [1.82, 2.24) is 0 Å². The molecule has 0 aromatic carbocycles. The summed E-state index contributed by atoms with van der Waals surface area (Å²) in [6, 6.07) is 0. The number of hydrogen-bond acceptors (Lipinski definition) is 14. The van der Waals surface area contributed by atoms with Crippen molar-refractivity contribution in [3.05, 3.63) is 0 Å². The zero-order chi connectivity index (χ0) is 22.9. The van der Waals surface area contributed by atoms with Crippen molar-refractivity contribution < 1.29 is 69.6 Å². The van der Waals surface area contributed by atoms with E-state index in [0.29, 0.717) is 0 Å². The van der Waals surface area contributed by atoms with Crippen molar-refractivity contribution >= 4 is 0 Å². The lowest BCUT2D eigenvalue weighted by Gasteiger charge is -2.45. The Balaban J connectivity index is 1.66. The summed E-state index contributed by atoms with van der Waals surface area (Å²) in [7, 11) is 0. The molecule has 3 heterocycles. The molecule has 0 aromatic heterocycles. The van der Waals surface area contributed by atoms with Gasteiger partial charge in [-0.1, -0.05) is 0 Å². The number of rotatable bonds is 6. The van der Waals surface area contributed by atoms with E-state index >= 15 is 0 Å². The molecule has 31 heavy (non-hydrogen) atoms. The van der Waals surface area contributed by atoms with E-state index < -0.39 is 93.1 Å². The average Bonchev–Trinajstić information content (AvgIpc) is 2.75. The second-order valence-corrected chi connectivity index (χ2v) is 7.79. The van der Waals surface area contributed by atoms with E-state index in [4.69, 9.17) is 23.7 Å². The minimum absolute atomic E-state index is 0.0250.